The van der Waals surface area contributed by atoms with Crippen LogP contribution in [0.4, 0.5) is 5.69 Å². The van der Waals surface area contributed by atoms with Gasteiger partial charge in [-0.2, -0.15) is 5.10 Å². The van der Waals surface area contributed by atoms with Gasteiger partial charge < -0.3 is 5.32 Å². The van der Waals surface area contributed by atoms with Gasteiger partial charge in [0.15, 0.2) is 10.9 Å². The minimum atomic E-state index is -0.293. The fourth-order valence-corrected chi connectivity index (χ4v) is 4.19. The lowest BCUT2D eigenvalue weighted by molar-refractivity contribution is -0.123. The van der Waals surface area contributed by atoms with Gasteiger partial charge in [-0.05, 0) is 54.7 Å². The van der Waals surface area contributed by atoms with Crippen molar-refractivity contribution in [1.29, 1.82) is 0 Å². The molecule has 2 saturated carbocycles. The van der Waals surface area contributed by atoms with Crippen molar-refractivity contribution < 1.29 is 4.79 Å². The summed E-state index contributed by atoms with van der Waals surface area (Å²) in [7, 11) is 0. The molecule has 1 aromatic carbocycles. The highest BCUT2D eigenvalue weighted by Gasteiger charge is 2.65. The molecular formula is C17H20BrN3OS. The molecule has 2 atom stereocenters. The number of carbonyl (C=O) groups excluding carboxylic acids is 1. The Balaban J connectivity index is 1.70. The van der Waals surface area contributed by atoms with Gasteiger partial charge in [-0.25, -0.2) is 0 Å². The second kappa shape index (κ2) is 5.67. The number of hydrazone groups is 1. The van der Waals surface area contributed by atoms with E-state index >= 15 is 0 Å². The molecular weight excluding hydrogens is 374 g/mol. The standard InChI is InChI=1S/C17H20BrN3OS/c1-16(2)12-8-9-17(16,3)14(22)13(12)20-21-15(23)19-11-6-4-10(18)5-7-11/h4-7,12H,8-9H2,1-3H3,(H2,19,21,23)/b20-13-. The van der Waals surface area contributed by atoms with Gasteiger partial charge in [-0.3, -0.25) is 10.2 Å². The number of nitrogens with zero attached hydrogens (tertiary/aromatic N) is 1. The van der Waals surface area contributed by atoms with E-state index in [0.717, 1.165) is 23.0 Å². The molecule has 0 saturated heterocycles. The van der Waals surface area contributed by atoms with Crippen LogP contribution >= 0.6 is 28.1 Å². The molecule has 2 fully saturated rings. The molecule has 0 spiro atoms. The first-order chi connectivity index (χ1) is 10.8. The van der Waals surface area contributed by atoms with Crippen molar-refractivity contribution >= 4 is 50.4 Å². The third-order valence-electron chi connectivity index (χ3n) is 5.67. The third kappa shape index (κ3) is 2.62. The lowest BCUT2D eigenvalue weighted by Gasteiger charge is -2.31. The van der Waals surface area contributed by atoms with Crippen molar-refractivity contribution in [2.75, 3.05) is 5.32 Å². The summed E-state index contributed by atoms with van der Waals surface area (Å²) in [4.78, 5) is 12.7. The minimum absolute atomic E-state index is 0.0364. The number of fused-ring (bicyclic) bond motifs is 2. The Bertz CT molecular complexity index is 698. The number of halogens is 1. The van der Waals surface area contributed by atoms with Crippen LogP contribution in [0.25, 0.3) is 0 Å². The molecule has 23 heavy (non-hydrogen) atoms. The smallest absolute Gasteiger partial charge is 0.191 e. The number of Topliss-reactive ketones (excluding diaryl/α,β-unsaturated/α-hetero) is 1. The molecule has 2 aliphatic carbocycles. The molecule has 2 aliphatic rings. The lowest BCUT2D eigenvalue weighted by atomic mass is 9.70. The number of ketones is 1. The van der Waals surface area contributed by atoms with Crippen LogP contribution in [-0.2, 0) is 4.79 Å². The molecule has 6 heteroatoms. The number of nitrogens with one attached hydrogen (secondary N) is 2. The Morgan fingerprint density at radius 1 is 1.30 bits per heavy atom. The van der Waals surface area contributed by atoms with Crippen molar-refractivity contribution in [3.63, 3.8) is 0 Å². The normalized spacial score (nSPS) is 29.8. The summed E-state index contributed by atoms with van der Waals surface area (Å²) >= 11 is 8.65. The van der Waals surface area contributed by atoms with Gasteiger partial charge in [0.25, 0.3) is 0 Å². The summed E-state index contributed by atoms with van der Waals surface area (Å²) in [5, 5.41) is 7.80. The number of hydrogen-bond acceptors (Lipinski definition) is 3. The van der Waals surface area contributed by atoms with Crippen LogP contribution in [0.5, 0.6) is 0 Å². The zero-order valence-corrected chi connectivity index (χ0v) is 15.8. The Morgan fingerprint density at radius 2 is 1.96 bits per heavy atom. The minimum Gasteiger partial charge on any atom is -0.331 e. The predicted molar refractivity (Wildman–Crippen MR) is 101 cm³/mol. The second-order valence-electron chi connectivity index (χ2n) is 7.04. The van der Waals surface area contributed by atoms with Gasteiger partial charge in [0.1, 0.15) is 5.71 Å². The van der Waals surface area contributed by atoms with Crippen LogP contribution in [0.1, 0.15) is 33.6 Å². The average Bonchev–Trinajstić information content (AvgIpc) is 2.80. The largest absolute Gasteiger partial charge is 0.331 e. The maximum Gasteiger partial charge on any atom is 0.191 e. The first-order valence-corrected chi connectivity index (χ1v) is 8.91. The zero-order chi connectivity index (χ0) is 16.8. The quantitative estimate of drug-likeness (QED) is 0.586. The summed E-state index contributed by atoms with van der Waals surface area (Å²) in [5.74, 6) is 0.376. The highest BCUT2D eigenvalue weighted by Crippen LogP contribution is 2.62. The average molecular weight is 394 g/mol. The molecule has 0 heterocycles. The van der Waals surface area contributed by atoms with Gasteiger partial charge in [-0.15, -0.1) is 0 Å². The maximum absolute atomic E-state index is 12.7. The van der Waals surface area contributed by atoms with Crippen LogP contribution in [0.2, 0.25) is 0 Å². The molecule has 2 unspecified atom stereocenters. The van der Waals surface area contributed by atoms with Gasteiger partial charge in [0, 0.05) is 21.5 Å². The molecule has 3 rings (SSSR count). The summed E-state index contributed by atoms with van der Waals surface area (Å²) in [6.45, 7) is 6.41. The van der Waals surface area contributed by atoms with Crippen LogP contribution in [0.15, 0.2) is 33.8 Å². The predicted octanol–water partition coefficient (Wildman–Crippen LogP) is 4.12. The summed E-state index contributed by atoms with van der Waals surface area (Å²) in [6, 6.07) is 7.69. The highest BCUT2D eigenvalue weighted by molar-refractivity contribution is 9.10. The van der Waals surface area contributed by atoms with E-state index in [4.69, 9.17) is 12.2 Å². The third-order valence-corrected chi connectivity index (χ3v) is 6.39. The number of carbonyl (C=O) groups is 1. The number of benzene rings is 1. The van der Waals surface area contributed by atoms with Crippen molar-refractivity contribution in [1.82, 2.24) is 5.43 Å². The Morgan fingerprint density at radius 3 is 2.52 bits per heavy atom. The van der Waals surface area contributed by atoms with Crippen LogP contribution in [-0.4, -0.2) is 16.6 Å². The number of rotatable bonds is 2. The molecule has 1 aromatic rings. The molecule has 0 radical (unpaired) electrons. The van der Waals surface area contributed by atoms with Gasteiger partial charge in [0.05, 0.1) is 0 Å². The van der Waals surface area contributed by atoms with Crippen molar-refractivity contribution in [3.8, 4) is 0 Å². The number of thiocarbonyl (C=S) groups is 1. The van der Waals surface area contributed by atoms with Crippen LogP contribution < -0.4 is 10.7 Å². The summed E-state index contributed by atoms with van der Waals surface area (Å²) < 4.78 is 1.00. The van der Waals surface area contributed by atoms with Crippen molar-refractivity contribution in [3.05, 3.63) is 28.7 Å². The Hall–Kier alpha value is -1.27. The Kier molecular flexibility index (Phi) is 4.09. The van der Waals surface area contributed by atoms with Crippen LogP contribution in [0.3, 0.4) is 0 Å². The first-order valence-electron chi connectivity index (χ1n) is 7.70. The van der Waals surface area contributed by atoms with Crippen molar-refractivity contribution in [2.45, 2.75) is 33.6 Å². The molecule has 2 bridgehead atoms. The van der Waals surface area contributed by atoms with E-state index in [-0.39, 0.29) is 22.5 Å². The monoisotopic (exact) mass is 393 g/mol. The molecule has 0 aliphatic heterocycles. The van der Waals surface area contributed by atoms with E-state index in [1.165, 1.54) is 0 Å². The van der Waals surface area contributed by atoms with E-state index in [0.29, 0.717) is 10.8 Å². The maximum atomic E-state index is 12.7. The van der Waals surface area contributed by atoms with E-state index < -0.39 is 0 Å². The fourth-order valence-electron chi connectivity index (χ4n) is 3.76. The first kappa shape index (κ1) is 16.6. The van der Waals surface area contributed by atoms with Gasteiger partial charge >= 0.3 is 0 Å². The van der Waals surface area contributed by atoms with Gasteiger partial charge in [-0.1, -0.05) is 36.7 Å². The van der Waals surface area contributed by atoms with Crippen LogP contribution in [0, 0.1) is 16.7 Å². The molecule has 2 N–H and O–H groups in total. The van der Waals surface area contributed by atoms with E-state index in [1.54, 1.807) is 0 Å². The zero-order valence-electron chi connectivity index (χ0n) is 13.4. The molecule has 0 amide bonds. The van der Waals surface area contributed by atoms with E-state index in [2.05, 4.69) is 52.5 Å². The Labute approximate surface area is 150 Å². The van der Waals surface area contributed by atoms with E-state index in [9.17, 15) is 4.79 Å². The lowest BCUT2D eigenvalue weighted by Crippen LogP contribution is -2.34. The summed E-state index contributed by atoms with van der Waals surface area (Å²) in [6.07, 6.45) is 1.97. The molecule has 122 valence electrons. The van der Waals surface area contributed by atoms with E-state index in [1.807, 2.05) is 24.3 Å². The van der Waals surface area contributed by atoms with Crippen molar-refractivity contribution in [2.24, 2.45) is 21.8 Å². The highest BCUT2D eigenvalue weighted by atomic mass is 79.9. The number of anilines is 1. The topological polar surface area (TPSA) is 53.5 Å². The molecule has 4 nitrogen and oxygen atoms in total. The fraction of sp³-hybridized carbons (Fsp3) is 0.471. The molecule has 0 aromatic heterocycles. The second-order valence-corrected chi connectivity index (χ2v) is 8.37. The number of hydrogen-bond donors (Lipinski definition) is 2. The van der Waals surface area contributed by atoms with Gasteiger partial charge in [0.2, 0.25) is 0 Å². The summed E-state index contributed by atoms with van der Waals surface area (Å²) in [5.41, 5.74) is 4.02. The SMILES string of the molecule is CC12CCC(/C(=N/NC(=S)Nc3ccc(Br)cc3)C1=O)C2(C)C.